The molecule has 3 rings (SSSR count). The Labute approximate surface area is 176 Å². The van der Waals surface area contributed by atoms with Crippen LogP contribution in [-0.4, -0.2) is 82.3 Å². The third-order valence-electron chi connectivity index (χ3n) is 5.98. The number of ether oxygens (including phenoxy) is 1. The van der Waals surface area contributed by atoms with Crippen LogP contribution in [0.25, 0.3) is 0 Å². The summed E-state index contributed by atoms with van der Waals surface area (Å²) in [5.74, 6) is 3.44. The van der Waals surface area contributed by atoms with Gasteiger partial charge >= 0.3 is 0 Å². The molecular weight excluding hydrogens is 362 g/mol. The van der Waals surface area contributed by atoms with Crippen molar-refractivity contribution in [1.29, 1.82) is 0 Å². The molecule has 0 bridgehead atoms. The zero-order chi connectivity index (χ0) is 20.6. The van der Waals surface area contributed by atoms with Crippen molar-refractivity contribution >= 4 is 11.6 Å². The molecule has 2 heterocycles. The fourth-order valence-corrected chi connectivity index (χ4v) is 4.55. The Balaban J connectivity index is 1.46. The molecule has 0 amide bonds. The summed E-state index contributed by atoms with van der Waals surface area (Å²) in [6, 6.07) is 8.35. The number of anilines is 1. The number of likely N-dealkylation sites (tertiary alicyclic amines) is 1. The summed E-state index contributed by atoms with van der Waals surface area (Å²) in [7, 11) is 3.63. The standard InChI is InChI=1S/C23H39N5O/c1-19(2)17-26-10-6-7-20(18-26)16-25-23(24-3)28-13-11-27(12-14-28)21-8-5-9-22(15-21)29-4/h5,8-9,15,19-20H,6-7,10-14,16-18H2,1-4H3,(H,24,25). The Morgan fingerprint density at radius 3 is 2.69 bits per heavy atom. The lowest BCUT2D eigenvalue weighted by molar-refractivity contribution is 0.159. The number of guanidine groups is 1. The van der Waals surface area contributed by atoms with Gasteiger partial charge in [-0.3, -0.25) is 4.99 Å². The van der Waals surface area contributed by atoms with Gasteiger partial charge in [-0.2, -0.15) is 0 Å². The number of piperazine rings is 1. The first kappa shape index (κ1) is 21.8. The van der Waals surface area contributed by atoms with Crippen LogP contribution >= 0.6 is 0 Å². The third kappa shape index (κ3) is 6.26. The molecule has 2 fully saturated rings. The maximum Gasteiger partial charge on any atom is 0.193 e. The lowest BCUT2D eigenvalue weighted by Gasteiger charge is -2.38. The smallest absolute Gasteiger partial charge is 0.193 e. The summed E-state index contributed by atoms with van der Waals surface area (Å²) in [6.07, 6.45) is 2.64. The highest BCUT2D eigenvalue weighted by Crippen LogP contribution is 2.22. The van der Waals surface area contributed by atoms with E-state index in [2.05, 4.69) is 57.1 Å². The Hall–Kier alpha value is -1.95. The largest absolute Gasteiger partial charge is 0.497 e. The van der Waals surface area contributed by atoms with Crippen LogP contribution in [0.1, 0.15) is 26.7 Å². The van der Waals surface area contributed by atoms with E-state index in [9.17, 15) is 0 Å². The van der Waals surface area contributed by atoms with E-state index in [1.54, 1.807) is 7.11 Å². The molecule has 0 radical (unpaired) electrons. The van der Waals surface area contributed by atoms with Gasteiger partial charge in [0.1, 0.15) is 5.75 Å². The SMILES string of the molecule is CN=C(NCC1CCCN(CC(C)C)C1)N1CCN(c2cccc(OC)c2)CC1. The van der Waals surface area contributed by atoms with Gasteiger partial charge in [-0.25, -0.2) is 0 Å². The number of piperidine rings is 1. The van der Waals surface area contributed by atoms with Gasteiger partial charge < -0.3 is 24.8 Å². The number of hydrogen-bond acceptors (Lipinski definition) is 4. The molecule has 0 spiro atoms. The van der Waals surface area contributed by atoms with E-state index in [1.165, 1.54) is 38.2 Å². The summed E-state index contributed by atoms with van der Waals surface area (Å²) < 4.78 is 5.37. The van der Waals surface area contributed by atoms with Crippen LogP contribution in [0.15, 0.2) is 29.3 Å². The molecule has 2 aliphatic heterocycles. The predicted molar refractivity (Wildman–Crippen MR) is 122 cm³/mol. The zero-order valence-corrected chi connectivity index (χ0v) is 18.7. The second kappa shape index (κ2) is 10.7. The first-order valence-corrected chi connectivity index (χ1v) is 11.2. The highest BCUT2D eigenvalue weighted by Gasteiger charge is 2.23. The molecule has 0 aromatic heterocycles. The number of aliphatic imine (C=N–C) groups is 1. The molecule has 0 aliphatic carbocycles. The number of hydrogen-bond donors (Lipinski definition) is 1. The molecule has 29 heavy (non-hydrogen) atoms. The molecule has 1 aromatic carbocycles. The first-order valence-electron chi connectivity index (χ1n) is 11.2. The van der Waals surface area contributed by atoms with Crippen molar-refractivity contribution in [1.82, 2.24) is 15.1 Å². The highest BCUT2D eigenvalue weighted by molar-refractivity contribution is 5.80. The van der Waals surface area contributed by atoms with Gasteiger partial charge in [0.15, 0.2) is 5.96 Å². The second-order valence-corrected chi connectivity index (χ2v) is 8.77. The van der Waals surface area contributed by atoms with Crippen LogP contribution in [0.3, 0.4) is 0 Å². The quantitative estimate of drug-likeness (QED) is 0.587. The van der Waals surface area contributed by atoms with E-state index in [1.807, 2.05) is 13.1 Å². The zero-order valence-electron chi connectivity index (χ0n) is 18.7. The Morgan fingerprint density at radius 2 is 2.00 bits per heavy atom. The minimum absolute atomic E-state index is 0.720. The molecule has 1 unspecified atom stereocenters. The van der Waals surface area contributed by atoms with Gasteiger partial charge in [0.25, 0.3) is 0 Å². The molecule has 6 heteroatoms. The summed E-state index contributed by atoms with van der Waals surface area (Å²) in [5.41, 5.74) is 1.24. The molecule has 2 saturated heterocycles. The molecule has 162 valence electrons. The summed E-state index contributed by atoms with van der Waals surface area (Å²) in [5, 5.41) is 3.67. The van der Waals surface area contributed by atoms with Crippen molar-refractivity contribution in [2.24, 2.45) is 16.8 Å². The van der Waals surface area contributed by atoms with Crippen molar-refractivity contribution in [2.75, 3.05) is 71.4 Å². The monoisotopic (exact) mass is 401 g/mol. The first-order chi connectivity index (χ1) is 14.1. The van der Waals surface area contributed by atoms with Gasteiger partial charge in [0.2, 0.25) is 0 Å². The maximum atomic E-state index is 5.37. The predicted octanol–water partition coefficient (Wildman–Crippen LogP) is 2.76. The van der Waals surface area contributed by atoms with Crippen LogP contribution in [-0.2, 0) is 0 Å². The van der Waals surface area contributed by atoms with Gasteiger partial charge in [-0.05, 0) is 43.4 Å². The fourth-order valence-electron chi connectivity index (χ4n) is 4.55. The number of benzene rings is 1. The van der Waals surface area contributed by atoms with Gasteiger partial charge in [0.05, 0.1) is 7.11 Å². The topological polar surface area (TPSA) is 43.3 Å². The van der Waals surface area contributed by atoms with E-state index in [-0.39, 0.29) is 0 Å². The molecule has 1 aromatic rings. The van der Waals surface area contributed by atoms with Crippen LogP contribution in [0.5, 0.6) is 5.75 Å². The summed E-state index contributed by atoms with van der Waals surface area (Å²) in [6.45, 7) is 13.3. The van der Waals surface area contributed by atoms with Crippen molar-refractivity contribution in [2.45, 2.75) is 26.7 Å². The molecule has 1 atom stereocenters. The van der Waals surface area contributed by atoms with E-state index in [0.29, 0.717) is 0 Å². The number of nitrogens with one attached hydrogen (secondary N) is 1. The minimum atomic E-state index is 0.720. The Bertz CT molecular complexity index is 654. The van der Waals surface area contributed by atoms with E-state index in [4.69, 9.17) is 4.74 Å². The summed E-state index contributed by atoms with van der Waals surface area (Å²) in [4.78, 5) is 12.0. The van der Waals surface area contributed by atoms with Crippen LogP contribution in [0, 0.1) is 11.8 Å². The molecule has 0 saturated carbocycles. The maximum absolute atomic E-state index is 5.37. The average molecular weight is 402 g/mol. The Morgan fingerprint density at radius 1 is 1.21 bits per heavy atom. The number of nitrogens with zero attached hydrogens (tertiary/aromatic N) is 4. The van der Waals surface area contributed by atoms with E-state index >= 15 is 0 Å². The molecule has 6 nitrogen and oxygen atoms in total. The molecule has 2 aliphatic rings. The second-order valence-electron chi connectivity index (χ2n) is 8.77. The van der Waals surface area contributed by atoms with Crippen molar-refractivity contribution in [3.63, 3.8) is 0 Å². The highest BCUT2D eigenvalue weighted by atomic mass is 16.5. The van der Waals surface area contributed by atoms with E-state index in [0.717, 1.165) is 56.3 Å². The van der Waals surface area contributed by atoms with Crippen molar-refractivity contribution < 1.29 is 4.74 Å². The summed E-state index contributed by atoms with van der Waals surface area (Å²) >= 11 is 0. The average Bonchev–Trinajstić information content (AvgIpc) is 2.74. The van der Waals surface area contributed by atoms with Crippen LogP contribution in [0.2, 0.25) is 0 Å². The lowest BCUT2D eigenvalue weighted by atomic mass is 9.97. The van der Waals surface area contributed by atoms with E-state index < -0.39 is 0 Å². The van der Waals surface area contributed by atoms with Crippen LogP contribution in [0.4, 0.5) is 5.69 Å². The normalized spacial score (nSPS) is 21.6. The van der Waals surface area contributed by atoms with Crippen molar-refractivity contribution in [3.05, 3.63) is 24.3 Å². The van der Waals surface area contributed by atoms with Crippen molar-refractivity contribution in [3.8, 4) is 5.75 Å². The minimum Gasteiger partial charge on any atom is -0.497 e. The fraction of sp³-hybridized carbons (Fsp3) is 0.696. The molecular formula is C23H39N5O. The third-order valence-corrected chi connectivity index (χ3v) is 5.98. The molecule has 1 N–H and O–H groups in total. The van der Waals surface area contributed by atoms with Gasteiger partial charge in [0, 0.05) is 64.6 Å². The van der Waals surface area contributed by atoms with Crippen LogP contribution < -0.4 is 15.0 Å². The Kier molecular flexibility index (Phi) is 8.04. The van der Waals surface area contributed by atoms with Gasteiger partial charge in [-0.15, -0.1) is 0 Å². The van der Waals surface area contributed by atoms with Gasteiger partial charge in [-0.1, -0.05) is 19.9 Å². The number of rotatable bonds is 6. The number of methoxy groups -OCH3 is 1. The lowest BCUT2D eigenvalue weighted by Crippen LogP contribution is -2.53.